The Morgan fingerprint density at radius 3 is 2.69 bits per heavy atom. The minimum absolute atomic E-state index is 0.0984. The third kappa shape index (κ3) is 3.83. The van der Waals surface area contributed by atoms with Gasteiger partial charge >= 0.3 is 12.1 Å². The SMILES string of the molecule is C=CCN1CC[C@]23CC(=O)CC[C@@]2(O)[C@@H]1Cc1ccc(OC(=O)Nc2ccc(C(=O)O)cc2)cc13. The molecule has 2 fully saturated rings. The fraction of sp³-hybridized carbons (Fsp3) is 0.370. The lowest BCUT2D eigenvalue weighted by Gasteiger charge is -2.63. The molecule has 0 spiro atoms. The molecular weight excluding hydrogens is 448 g/mol. The van der Waals surface area contributed by atoms with Crippen LogP contribution < -0.4 is 10.1 Å². The quantitative estimate of drug-likeness (QED) is 0.565. The van der Waals surface area contributed by atoms with Crippen molar-refractivity contribution in [2.45, 2.75) is 49.2 Å². The number of benzene rings is 2. The molecule has 2 aromatic carbocycles. The van der Waals surface area contributed by atoms with E-state index in [1.807, 2.05) is 12.1 Å². The van der Waals surface area contributed by atoms with Crippen molar-refractivity contribution >= 4 is 23.5 Å². The summed E-state index contributed by atoms with van der Waals surface area (Å²) in [4.78, 5) is 38.4. The van der Waals surface area contributed by atoms with Crippen molar-refractivity contribution in [3.05, 3.63) is 71.8 Å². The lowest BCUT2D eigenvalue weighted by Crippen LogP contribution is -2.73. The average molecular weight is 477 g/mol. The van der Waals surface area contributed by atoms with Crippen LogP contribution >= 0.6 is 0 Å². The highest BCUT2D eigenvalue weighted by Gasteiger charge is 2.64. The number of aliphatic hydroxyl groups is 1. The summed E-state index contributed by atoms with van der Waals surface area (Å²) in [7, 11) is 0. The highest BCUT2D eigenvalue weighted by Crippen LogP contribution is 2.57. The Balaban J connectivity index is 1.43. The van der Waals surface area contributed by atoms with E-state index in [1.165, 1.54) is 24.3 Å². The van der Waals surface area contributed by atoms with Gasteiger partial charge in [-0.15, -0.1) is 6.58 Å². The van der Waals surface area contributed by atoms with Crippen LogP contribution in [0.2, 0.25) is 0 Å². The van der Waals surface area contributed by atoms with Crippen molar-refractivity contribution in [1.29, 1.82) is 0 Å². The number of fused-ring (bicyclic) bond motifs is 1. The number of likely N-dealkylation sites (tertiary alicyclic amines) is 1. The number of carboxylic acid groups (broad SMARTS) is 1. The molecule has 8 nitrogen and oxygen atoms in total. The second-order valence-electron chi connectivity index (χ2n) is 9.69. The van der Waals surface area contributed by atoms with Gasteiger partial charge in [0.15, 0.2) is 0 Å². The third-order valence-electron chi connectivity index (χ3n) is 7.89. The second kappa shape index (κ2) is 8.62. The first-order valence-electron chi connectivity index (χ1n) is 11.8. The van der Waals surface area contributed by atoms with Gasteiger partial charge < -0.3 is 14.9 Å². The summed E-state index contributed by atoms with van der Waals surface area (Å²) in [5.41, 5.74) is 0.716. The summed E-state index contributed by atoms with van der Waals surface area (Å²) in [6.07, 6.45) is 3.49. The molecule has 0 aromatic heterocycles. The first-order chi connectivity index (χ1) is 16.8. The molecule has 8 heteroatoms. The Kier molecular flexibility index (Phi) is 5.73. The molecule has 2 aromatic rings. The second-order valence-corrected chi connectivity index (χ2v) is 9.69. The third-order valence-corrected chi connectivity index (χ3v) is 7.89. The van der Waals surface area contributed by atoms with Gasteiger partial charge in [-0.1, -0.05) is 12.1 Å². The molecular formula is C27H28N2O6. The predicted molar refractivity (Wildman–Crippen MR) is 129 cm³/mol. The Labute approximate surface area is 203 Å². The molecule has 182 valence electrons. The van der Waals surface area contributed by atoms with Gasteiger partial charge in [-0.3, -0.25) is 15.0 Å². The molecule has 35 heavy (non-hydrogen) atoms. The van der Waals surface area contributed by atoms with Crippen LogP contribution in [0.25, 0.3) is 0 Å². The number of hydrogen-bond donors (Lipinski definition) is 3. The number of amides is 1. The smallest absolute Gasteiger partial charge is 0.417 e. The van der Waals surface area contributed by atoms with Gasteiger partial charge in [-0.25, -0.2) is 9.59 Å². The number of rotatable bonds is 5. The number of aromatic carboxylic acids is 1. The van der Waals surface area contributed by atoms with Crippen molar-refractivity contribution < 1.29 is 29.3 Å². The largest absolute Gasteiger partial charge is 0.478 e. The molecule has 1 heterocycles. The van der Waals surface area contributed by atoms with Gasteiger partial charge in [0.1, 0.15) is 11.5 Å². The first kappa shape index (κ1) is 23.3. The van der Waals surface area contributed by atoms with E-state index in [4.69, 9.17) is 9.84 Å². The molecule has 3 atom stereocenters. The van der Waals surface area contributed by atoms with E-state index in [2.05, 4.69) is 16.8 Å². The molecule has 3 N–H and O–H groups in total. The number of nitrogens with zero attached hydrogens (tertiary/aromatic N) is 1. The molecule has 2 bridgehead atoms. The number of Topliss-reactive ketones (excluding diaryl/α,β-unsaturated/α-hetero) is 1. The highest BCUT2D eigenvalue weighted by molar-refractivity contribution is 5.90. The average Bonchev–Trinajstić information content (AvgIpc) is 2.82. The van der Waals surface area contributed by atoms with E-state index in [0.29, 0.717) is 43.7 Å². The zero-order valence-electron chi connectivity index (χ0n) is 19.3. The lowest BCUT2D eigenvalue weighted by molar-refractivity contribution is -0.170. The number of hydrogen-bond acceptors (Lipinski definition) is 6. The van der Waals surface area contributed by atoms with E-state index in [-0.39, 0.29) is 23.8 Å². The van der Waals surface area contributed by atoms with Gasteiger partial charge in [0, 0.05) is 36.5 Å². The van der Waals surface area contributed by atoms with Gasteiger partial charge in [-0.2, -0.15) is 0 Å². The Bertz CT molecular complexity index is 1210. The van der Waals surface area contributed by atoms with E-state index in [0.717, 1.165) is 17.7 Å². The summed E-state index contributed by atoms with van der Waals surface area (Å²) in [5.74, 6) is -0.580. The number of piperidine rings is 1. The highest BCUT2D eigenvalue weighted by atomic mass is 16.6. The first-order valence-corrected chi connectivity index (χ1v) is 11.8. The minimum Gasteiger partial charge on any atom is -0.478 e. The van der Waals surface area contributed by atoms with Crippen molar-refractivity contribution in [2.24, 2.45) is 0 Å². The zero-order chi connectivity index (χ0) is 24.8. The van der Waals surface area contributed by atoms with Crippen molar-refractivity contribution in [1.82, 2.24) is 4.90 Å². The predicted octanol–water partition coefficient (Wildman–Crippen LogP) is 3.53. The maximum absolute atomic E-state index is 12.6. The number of carbonyl (C=O) groups is 3. The van der Waals surface area contributed by atoms with Gasteiger partial charge in [0.2, 0.25) is 0 Å². The van der Waals surface area contributed by atoms with Crippen LogP contribution in [0.1, 0.15) is 47.2 Å². The number of carbonyl (C=O) groups excluding carboxylic acids is 2. The molecule has 1 saturated carbocycles. The van der Waals surface area contributed by atoms with Gasteiger partial charge in [0.25, 0.3) is 0 Å². The summed E-state index contributed by atoms with van der Waals surface area (Å²) in [5, 5.41) is 23.7. The summed E-state index contributed by atoms with van der Waals surface area (Å²) < 4.78 is 5.54. The standard InChI is InChI=1S/C27H28N2O6/c1-2-12-29-13-11-26-16-20(30)9-10-27(26,34)23(29)14-18-5-8-21(15-22(18)26)35-25(33)28-19-6-3-17(4-7-19)24(31)32/h2-8,15,23,34H,1,9-14,16H2,(H,28,33)(H,31,32)/t23-,26+,27+/m0/s1. The van der Waals surface area contributed by atoms with E-state index in [1.54, 1.807) is 12.1 Å². The molecule has 1 aliphatic heterocycles. The number of ether oxygens (including phenoxy) is 1. The summed E-state index contributed by atoms with van der Waals surface area (Å²) in [6, 6.07) is 11.1. The Hall–Kier alpha value is -3.49. The van der Waals surface area contributed by atoms with Crippen LogP contribution in [-0.2, 0) is 16.6 Å². The van der Waals surface area contributed by atoms with Gasteiger partial charge in [0.05, 0.1) is 11.2 Å². The molecule has 3 aliphatic rings. The summed E-state index contributed by atoms with van der Waals surface area (Å²) in [6.45, 7) is 5.30. The molecule has 5 rings (SSSR count). The van der Waals surface area contributed by atoms with E-state index in [9.17, 15) is 19.5 Å². The topological polar surface area (TPSA) is 116 Å². The maximum atomic E-state index is 12.6. The number of nitrogens with one attached hydrogen (secondary N) is 1. The lowest BCUT2D eigenvalue weighted by atomic mass is 9.49. The van der Waals surface area contributed by atoms with Gasteiger partial charge in [-0.05, 0) is 73.3 Å². The van der Waals surface area contributed by atoms with Crippen LogP contribution in [0.15, 0.2) is 55.1 Å². The van der Waals surface area contributed by atoms with Crippen molar-refractivity contribution in [2.75, 3.05) is 18.4 Å². The normalized spacial score (nSPS) is 27.3. The van der Waals surface area contributed by atoms with Crippen LogP contribution in [-0.4, -0.2) is 57.7 Å². The minimum atomic E-state index is -1.05. The van der Waals surface area contributed by atoms with Crippen molar-refractivity contribution in [3.8, 4) is 5.75 Å². The van der Waals surface area contributed by atoms with E-state index < -0.39 is 23.1 Å². The fourth-order valence-electron chi connectivity index (χ4n) is 6.27. The Morgan fingerprint density at radius 1 is 1.20 bits per heavy atom. The monoisotopic (exact) mass is 476 g/mol. The number of ketones is 1. The molecule has 1 saturated heterocycles. The van der Waals surface area contributed by atoms with Crippen LogP contribution in [0.5, 0.6) is 5.75 Å². The number of anilines is 1. The van der Waals surface area contributed by atoms with E-state index >= 15 is 0 Å². The maximum Gasteiger partial charge on any atom is 0.417 e. The summed E-state index contributed by atoms with van der Waals surface area (Å²) >= 11 is 0. The molecule has 2 aliphatic carbocycles. The van der Waals surface area contributed by atoms with Crippen LogP contribution in [0, 0.1) is 0 Å². The fourth-order valence-corrected chi connectivity index (χ4v) is 6.27. The van der Waals surface area contributed by atoms with Crippen LogP contribution in [0.3, 0.4) is 0 Å². The molecule has 1 amide bonds. The molecule has 0 unspecified atom stereocenters. The Morgan fingerprint density at radius 2 is 1.97 bits per heavy atom. The molecule has 0 radical (unpaired) electrons. The van der Waals surface area contributed by atoms with Crippen LogP contribution in [0.4, 0.5) is 10.5 Å². The zero-order valence-corrected chi connectivity index (χ0v) is 19.3. The number of carboxylic acids is 1. The van der Waals surface area contributed by atoms with Crippen molar-refractivity contribution in [3.63, 3.8) is 0 Å².